The molecule has 3 aromatic rings. The second-order valence-electron chi connectivity index (χ2n) is 13.5. The maximum atomic E-state index is 14.1. The fraction of sp³-hybridized carbons (Fsp3) is 0.429. The Morgan fingerprint density at radius 3 is 2.35 bits per heavy atom. The average Bonchev–Trinajstić information content (AvgIpc) is 3.20. The second kappa shape index (κ2) is 19.6. The lowest BCUT2D eigenvalue weighted by molar-refractivity contribution is -0.149. The van der Waals surface area contributed by atoms with E-state index in [1.807, 2.05) is 50.3 Å². The molecule has 6 atom stereocenters. The molecule has 5 rings (SSSR count). The third-order valence-corrected chi connectivity index (χ3v) is 9.59. The summed E-state index contributed by atoms with van der Waals surface area (Å²) in [6.45, 7) is 6.88. The highest BCUT2D eigenvalue weighted by Gasteiger charge is 2.43. The molecule has 0 radical (unpaired) electrons. The van der Waals surface area contributed by atoms with Gasteiger partial charge in [-0.1, -0.05) is 67.0 Å². The van der Waals surface area contributed by atoms with Gasteiger partial charge in [0.05, 0.1) is 32.6 Å². The number of carbonyl (C=O) groups is 3. The topological polar surface area (TPSA) is 134 Å². The van der Waals surface area contributed by atoms with E-state index in [9.17, 15) is 14.4 Å². The molecule has 2 aliphatic rings. The van der Waals surface area contributed by atoms with Crippen molar-refractivity contribution in [3.8, 4) is 11.5 Å². The Labute approximate surface area is 317 Å². The summed E-state index contributed by atoms with van der Waals surface area (Å²) >= 11 is 0. The van der Waals surface area contributed by atoms with Gasteiger partial charge in [0.2, 0.25) is 0 Å². The van der Waals surface area contributed by atoms with Gasteiger partial charge in [0.15, 0.2) is 0 Å². The zero-order valence-corrected chi connectivity index (χ0v) is 31.6. The first kappa shape index (κ1) is 39.8. The number of ether oxygens (including phenoxy) is 5. The van der Waals surface area contributed by atoms with Gasteiger partial charge in [-0.3, -0.25) is 4.79 Å². The first-order valence-electron chi connectivity index (χ1n) is 18.5. The number of nitrogens with one attached hydrogen (secondary N) is 1. The highest BCUT2D eigenvalue weighted by molar-refractivity contribution is 5.98. The lowest BCUT2D eigenvalue weighted by atomic mass is 9.82. The summed E-state index contributed by atoms with van der Waals surface area (Å²) in [6.07, 6.45) is 6.14. The summed E-state index contributed by atoms with van der Waals surface area (Å²) in [4.78, 5) is 46.4. The molecule has 0 bridgehead atoms. The van der Waals surface area contributed by atoms with Crippen molar-refractivity contribution in [1.29, 1.82) is 0 Å². The highest BCUT2D eigenvalue weighted by Crippen LogP contribution is 2.40. The Hall–Kier alpha value is -5.36. The van der Waals surface area contributed by atoms with Crippen LogP contribution in [0.3, 0.4) is 0 Å². The van der Waals surface area contributed by atoms with Crippen LogP contribution >= 0.6 is 0 Å². The normalized spacial score (nSPS) is 22.4. The van der Waals surface area contributed by atoms with Crippen molar-refractivity contribution in [3.63, 3.8) is 0 Å². The van der Waals surface area contributed by atoms with Gasteiger partial charge in [0.1, 0.15) is 43.0 Å². The van der Waals surface area contributed by atoms with Crippen molar-refractivity contribution in [2.75, 3.05) is 34.0 Å². The van der Waals surface area contributed by atoms with Crippen LogP contribution in [0.1, 0.15) is 72.6 Å². The molecule has 2 heterocycles. The minimum Gasteiger partial charge on any atom is -0.497 e. The van der Waals surface area contributed by atoms with Crippen LogP contribution < -0.4 is 14.8 Å². The van der Waals surface area contributed by atoms with Crippen LogP contribution in [0.5, 0.6) is 11.5 Å². The summed E-state index contributed by atoms with van der Waals surface area (Å²) in [5, 5.41) is 6.83. The molecule has 1 fully saturated rings. The number of amides is 2. The van der Waals surface area contributed by atoms with Crippen LogP contribution in [0.15, 0.2) is 90.1 Å². The van der Waals surface area contributed by atoms with Crippen molar-refractivity contribution in [3.05, 3.63) is 107 Å². The van der Waals surface area contributed by atoms with Crippen LogP contribution in [0.25, 0.3) is 0 Å². The van der Waals surface area contributed by atoms with Crippen LogP contribution in [-0.4, -0.2) is 87.4 Å². The fourth-order valence-electron chi connectivity index (χ4n) is 6.62. The van der Waals surface area contributed by atoms with E-state index < -0.39 is 30.3 Å². The predicted octanol–water partition coefficient (Wildman–Crippen LogP) is 6.81. The molecular weight excluding hydrogens is 690 g/mol. The Kier molecular flexibility index (Phi) is 14.5. The Morgan fingerprint density at radius 2 is 1.67 bits per heavy atom. The summed E-state index contributed by atoms with van der Waals surface area (Å²) in [5.74, 6) is 0.847. The zero-order valence-electron chi connectivity index (χ0n) is 31.6. The molecule has 2 amide bonds. The summed E-state index contributed by atoms with van der Waals surface area (Å²) in [6, 6.07) is 21.4. The Morgan fingerprint density at radius 1 is 0.944 bits per heavy atom. The summed E-state index contributed by atoms with van der Waals surface area (Å²) < 4.78 is 28.2. The molecule has 12 nitrogen and oxygen atoms in total. The zero-order chi connectivity index (χ0) is 38.5. The van der Waals surface area contributed by atoms with Crippen LogP contribution in [-0.2, 0) is 23.8 Å². The van der Waals surface area contributed by atoms with Gasteiger partial charge in [0.25, 0.3) is 5.91 Å². The van der Waals surface area contributed by atoms with Gasteiger partial charge in [-0.05, 0) is 85.7 Å². The van der Waals surface area contributed by atoms with Crippen molar-refractivity contribution < 1.29 is 42.9 Å². The Bertz CT molecular complexity index is 1730. The van der Waals surface area contributed by atoms with Gasteiger partial charge in [-0.25, -0.2) is 9.59 Å². The number of esters is 1. The molecule has 4 unspecified atom stereocenters. The Balaban J connectivity index is 1.17. The third kappa shape index (κ3) is 10.6. The van der Waals surface area contributed by atoms with Crippen LogP contribution in [0.2, 0.25) is 0 Å². The number of nitrogens with zero attached hydrogens (tertiary/aromatic N) is 2. The number of benzene rings is 3. The van der Waals surface area contributed by atoms with Crippen LogP contribution in [0.4, 0.5) is 4.79 Å². The van der Waals surface area contributed by atoms with Crippen molar-refractivity contribution in [1.82, 2.24) is 10.2 Å². The average molecular weight is 742 g/mol. The SMILES string of the molecule is CCCNC(=O)OCC1OC(CCON=Cc2ccc(C(=O)N3[C@H](c4ccc(C)cc4)C(C)CC[C@H]3C(=O)OC)cc2)C=CC1Oc1ccc(OC)cc1. The first-order valence-corrected chi connectivity index (χ1v) is 18.5. The van der Waals surface area contributed by atoms with E-state index in [1.165, 1.54) is 7.11 Å². The lowest BCUT2D eigenvalue weighted by Crippen LogP contribution is -2.52. The van der Waals surface area contributed by atoms with E-state index in [4.69, 9.17) is 28.5 Å². The van der Waals surface area contributed by atoms with E-state index in [0.29, 0.717) is 36.4 Å². The molecule has 54 heavy (non-hydrogen) atoms. The smallest absolute Gasteiger partial charge is 0.407 e. The molecular formula is C42H51N3O9. The molecule has 1 saturated heterocycles. The number of rotatable bonds is 15. The van der Waals surface area contributed by atoms with Gasteiger partial charge in [-0.2, -0.15) is 0 Å². The monoisotopic (exact) mass is 741 g/mol. The van der Waals surface area contributed by atoms with Crippen molar-refractivity contribution in [2.45, 2.75) is 76.9 Å². The predicted molar refractivity (Wildman–Crippen MR) is 204 cm³/mol. The largest absolute Gasteiger partial charge is 0.497 e. The number of carbonyl (C=O) groups excluding carboxylic acids is 3. The van der Waals surface area contributed by atoms with E-state index in [2.05, 4.69) is 17.4 Å². The first-order chi connectivity index (χ1) is 26.2. The number of aryl methyl sites for hydroxylation is 1. The molecule has 3 aromatic carbocycles. The highest BCUT2D eigenvalue weighted by atomic mass is 16.6. The quantitative estimate of drug-likeness (QED) is 0.0587. The van der Waals surface area contributed by atoms with Crippen LogP contribution in [0, 0.1) is 12.8 Å². The van der Waals surface area contributed by atoms with E-state index in [-0.39, 0.29) is 37.2 Å². The van der Waals surface area contributed by atoms with Gasteiger partial charge in [-0.15, -0.1) is 0 Å². The van der Waals surface area contributed by atoms with Gasteiger partial charge >= 0.3 is 12.1 Å². The van der Waals surface area contributed by atoms with Crippen molar-refractivity contribution >= 4 is 24.2 Å². The lowest BCUT2D eigenvalue weighted by Gasteiger charge is -2.44. The number of likely N-dealkylation sites (tertiary alicyclic amines) is 1. The molecule has 12 heteroatoms. The number of alkyl carbamates (subject to hydrolysis) is 1. The van der Waals surface area contributed by atoms with Crippen molar-refractivity contribution in [2.24, 2.45) is 11.1 Å². The molecule has 0 aromatic heterocycles. The second-order valence-corrected chi connectivity index (χ2v) is 13.5. The molecule has 2 aliphatic heterocycles. The minimum atomic E-state index is -0.678. The number of hydrogen-bond acceptors (Lipinski definition) is 10. The number of hydrogen-bond donors (Lipinski definition) is 1. The van der Waals surface area contributed by atoms with Gasteiger partial charge < -0.3 is 38.7 Å². The maximum absolute atomic E-state index is 14.1. The standard InChI is InChI=1S/C42H51N3O9/c1-6-24-43-42(48)51-27-38-37(53-34-18-16-33(49-4)17-19-34)22-20-35(54-38)23-25-52-44-26-30-10-14-32(15-11-30)40(46)45-36(41(47)50-5)21-9-29(3)39(45)31-12-7-28(2)8-13-31/h7-8,10-20,22,26,29,35-39H,6,9,21,23-25,27H2,1-5H3,(H,43,48)/t29?,35?,36-,37?,38?,39-/m0/s1. The summed E-state index contributed by atoms with van der Waals surface area (Å²) in [5.41, 5.74) is 3.32. The molecule has 1 N–H and O–H groups in total. The summed E-state index contributed by atoms with van der Waals surface area (Å²) in [7, 11) is 2.96. The van der Waals surface area contributed by atoms with E-state index in [0.717, 1.165) is 29.5 Å². The minimum absolute atomic E-state index is 0.00145. The number of methoxy groups -OCH3 is 2. The number of oxime groups is 1. The van der Waals surface area contributed by atoms with E-state index in [1.54, 1.807) is 66.8 Å². The number of piperidine rings is 1. The van der Waals surface area contributed by atoms with Gasteiger partial charge in [0, 0.05) is 18.5 Å². The molecule has 288 valence electrons. The fourth-order valence-corrected chi connectivity index (χ4v) is 6.62. The molecule has 0 spiro atoms. The maximum Gasteiger partial charge on any atom is 0.407 e. The van der Waals surface area contributed by atoms with E-state index >= 15 is 0 Å². The molecule has 0 aliphatic carbocycles. The third-order valence-electron chi connectivity index (χ3n) is 9.59. The molecule has 0 saturated carbocycles.